The fraction of sp³-hybridized carbons (Fsp3) is 0.385. The van der Waals surface area contributed by atoms with E-state index in [4.69, 9.17) is 0 Å². The molecule has 5 heteroatoms. The third kappa shape index (κ3) is 2.50. The van der Waals surface area contributed by atoms with E-state index in [-0.39, 0.29) is 11.8 Å². The third-order valence-electron chi connectivity index (χ3n) is 3.31. The van der Waals surface area contributed by atoms with Crippen molar-refractivity contribution in [3.63, 3.8) is 0 Å². The summed E-state index contributed by atoms with van der Waals surface area (Å²) in [7, 11) is 0. The van der Waals surface area contributed by atoms with Gasteiger partial charge >= 0.3 is 5.97 Å². The van der Waals surface area contributed by atoms with Gasteiger partial charge in [-0.25, -0.2) is 4.79 Å². The molecule has 96 valence electrons. The third-order valence-corrected chi connectivity index (χ3v) is 4.02. The Morgan fingerprint density at radius 2 is 1.94 bits per heavy atom. The van der Waals surface area contributed by atoms with Gasteiger partial charge in [0.1, 0.15) is 6.04 Å². The van der Waals surface area contributed by atoms with Crippen molar-refractivity contribution in [2.75, 3.05) is 6.54 Å². The molecule has 2 atom stereocenters. The minimum Gasteiger partial charge on any atom is -0.480 e. The number of carboxylic acids is 1. The van der Waals surface area contributed by atoms with E-state index in [1.165, 1.54) is 4.90 Å². The number of rotatable bonds is 2. The lowest BCUT2D eigenvalue weighted by molar-refractivity contribution is -0.142. The second kappa shape index (κ2) is 5.26. The molecule has 2 rings (SSSR count). The predicted molar refractivity (Wildman–Crippen MR) is 75.4 cm³/mol. The van der Waals surface area contributed by atoms with Crippen molar-refractivity contribution in [3.05, 3.63) is 33.4 Å². The second-order valence-corrected chi connectivity index (χ2v) is 5.80. The SMILES string of the molecule is CC1CCN(C(=O)c2ccc(I)cc2)C1C(=O)O. The molecule has 0 aliphatic carbocycles. The molecule has 0 spiro atoms. The Morgan fingerprint density at radius 1 is 1.33 bits per heavy atom. The van der Waals surface area contributed by atoms with Crippen LogP contribution in [-0.4, -0.2) is 34.5 Å². The quantitative estimate of drug-likeness (QED) is 0.824. The number of likely N-dealkylation sites (tertiary alicyclic amines) is 1. The Balaban J connectivity index is 2.23. The molecule has 1 N–H and O–H groups in total. The summed E-state index contributed by atoms with van der Waals surface area (Å²) in [5, 5.41) is 9.20. The highest BCUT2D eigenvalue weighted by Crippen LogP contribution is 2.26. The number of benzene rings is 1. The summed E-state index contributed by atoms with van der Waals surface area (Å²) in [6, 6.07) is 6.49. The van der Waals surface area contributed by atoms with E-state index in [1.807, 2.05) is 19.1 Å². The lowest BCUT2D eigenvalue weighted by Crippen LogP contribution is -2.42. The van der Waals surface area contributed by atoms with Gasteiger partial charge in [0.25, 0.3) is 5.91 Å². The van der Waals surface area contributed by atoms with Gasteiger partial charge in [-0.2, -0.15) is 0 Å². The number of carbonyl (C=O) groups is 2. The number of halogens is 1. The van der Waals surface area contributed by atoms with Gasteiger partial charge in [-0.3, -0.25) is 4.79 Å². The van der Waals surface area contributed by atoms with E-state index in [9.17, 15) is 14.7 Å². The minimum atomic E-state index is -0.918. The van der Waals surface area contributed by atoms with Gasteiger partial charge in [-0.15, -0.1) is 0 Å². The van der Waals surface area contributed by atoms with Crippen LogP contribution in [-0.2, 0) is 4.79 Å². The lowest BCUT2D eigenvalue weighted by atomic mass is 10.0. The van der Waals surface area contributed by atoms with Crippen LogP contribution < -0.4 is 0 Å². The number of nitrogens with zero attached hydrogens (tertiary/aromatic N) is 1. The first kappa shape index (κ1) is 13.3. The molecule has 1 fully saturated rings. The summed E-state index contributed by atoms with van der Waals surface area (Å²) < 4.78 is 1.05. The molecular formula is C13H14INO3. The van der Waals surface area contributed by atoms with Gasteiger partial charge in [-0.1, -0.05) is 6.92 Å². The van der Waals surface area contributed by atoms with Crippen LogP contribution in [0, 0.1) is 9.49 Å². The van der Waals surface area contributed by atoms with Crippen LogP contribution in [0.25, 0.3) is 0 Å². The summed E-state index contributed by atoms with van der Waals surface area (Å²) in [5.74, 6) is -1.10. The van der Waals surface area contributed by atoms with Gasteiger partial charge in [0.05, 0.1) is 0 Å². The molecule has 1 amide bonds. The second-order valence-electron chi connectivity index (χ2n) is 4.55. The highest BCUT2D eigenvalue weighted by atomic mass is 127. The van der Waals surface area contributed by atoms with Crippen LogP contribution in [0.15, 0.2) is 24.3 Å². The Labute approximate surface area is 119 Å². The predicted octanol–water partition coefficient (Wildman–Crippen LogP) is 2.23. The maximum absolute atomic E-state index is 12.3. The van der Waals surface area contributed by atoms with E-state index in [0.29, 0.717) is 12.1 Å². The maximum Gasteiger partial charge on any atom is 0.326 e. The Hall–Kier alpha value is -1.11. The number of carbonyl (C=O) groups excluding carboxylic acids is 1. The summed E-state index contributed by atoms with van der Waals surface area (Å²) in [6.45, 7) is 2.39. The standard InChI is InChI=1S/C13H14INO3/c1-8-6-7-15(11(8)13(17)18)12(16)9-2-4-10(14)5-3-9/h2-5,8,11H,6-7H2,1H3,(H,17,18). The van der Waals surface area contributed by atoms with Crippen molar-refractivity contribution >= 4 is 34.5 Å². The van der Waals surface area contributed by atoms with Crippen molar-refractivity contribution in [1.29, 1.82) is 0 Å². The molecule has 0 saturated carbocycles. The smallest absolute Gasteiger partial charge is 0.326 e. The number of aliphatic carboxylic acids is 1. The fourth-order valence-electron chi connectivity index (χ4n) is 2.31. The fourth-order valence-corrected chi connectivity index (χ4v) is 2.67. The first-order valence-corrected chi connectivity index (χ1v) is 6.88. The lowest BCUT2D eigenvalue weighted by Gasteiger charge is -2.23. The Bertz CT molecular complexity index is 472. The molecule has 1 aliphatic rings. The highest BCUT2D eigenvalue weighted by molar-refractivity contribution is 14.1. The average molecular weight is 359 g/mol. The largest absolute Gasteiger partial charge is 0.480 e. The monoisotopic (exact) mass is 359 g/mol. The number of hydrogen-bond acceptors (Lipinski definition) is 2. The molecular weight excluding hydrogens is 345 g/mol. The van der Waals surface area contributed by atoms with E-state index in [1.54, 1.807) is 12.1 Å². The van der Waals surface area contributed by atoms with Crippen LogP contribution in [0.2, 0.25) is 0 Å². The summed E-state index contributed by atoms with van der Waals surface area (Å²) in [4.78, 5) is 25.0. The van der Waals surface area contributed by atoms with Crippen molar-refractivity contribution < 1.29 is 14.7 Å². The Morgan fingerprint density at radius 3 is 2.50 bits per heavy atom. The summed E-state index contributed by atoms with van der Waals surface area (Å²) in [6.07, 6.45) is 0.743. The van der Waals surface area contributed by atoms with E-state index < -0.39 is 12.0 Å². The Kier molecular flexibility index (Phi) is 3.89. The normalized spacial score (nSPS) is 23.1. The van der Waals surface area contributed by atoms with E-state index >= 15 is 0 Å². The number of carboxylic acid groups (broad SMARTS) is 1. The number of hydrogen-bond donors (Lipinski definition) is 1. The van der Waals surface area contributed by atoms with Crippen LogP contribution in [0.5, 0.6) is 0 Å². The molecule has 0 bridgehead atoms. The topological polar surface area (TPSA) is 57.6 Å². The zero-order valence-corrected chi connectivity index (χ0v) is 12.1. The molecule has 1 aromatic rings. The van der Waals surface area contributed by atoms with Crippen molar-refractivity contribution in [1.82, 2.24) is 4.90 Å². The summed E-state index contributed by atoms with van der Waals surface area (Å²) >= 11 is 2.17. The van der Waals surface area contributed by atoms with Crippen LogP contribution in [0.3, 0.4) is 0 Å². The minimum absolute atomic E-state index is 0.00954. The molecule has 0 radical (unpaired) electrons. The van der Waals surface area contributed by atoms with Gasteiger partial charge in [0.15, 0.2) is 0 Å². The van der Waals surface area contributed by atoms with Crippen molar-refractivity contribution in [2.45, 2.75) is 19.4 Å². The average Bonchev–Trinajstić information content (AvgIpc) is 2.71. The highest BCUT2D eigenvalue weighted by Gasteiger charge is 2.39. The van der Waals surface area contributed by atoms with Crippen molar-refractivity contribution in [3.8, 4) is 0 Å². The molecule has 4 nitrogen and oxygen atoms in total. The van der Waals surface area contributed by atoms with Crippen LogP contribution in [0.1, 0.15) is 23.7 Å². The van der Waals surface area contributed by atoms with Crippen LogP contribution >= 0.6 is 22.6 Å². The zero-order valence-electron chi connectivity index (χ0n) is 9.97. The first-order valence-electron chi connectivity index (χ1n) is 5.80. The molecule has 18 heavy (non-hydrogen) atoms. The van der Waals surface area contributed by atoms with E-state index in [2.05, 4.69) is 22.6 Å². The molecule has 1 heterocycles. The molecule has 1 aliphatic heterocycles. The van der Waals surface area contributed by atoms with Crippen molar-refractivity contribution in [2.24, 2.45) is 5.92 Å². The van der Waals surface area contributed by atoms with Gasteiger partial charge in [-0.05, 0) is 59.2 Å². The summed E-state index contributed by atoms with van der Waals surface area (Å²) in [5.41, 5.74) is 0.552. The van der Waals surface area contributed by atoms with Crippen LogP contribution in [0.4, 0.5) is 0 Å². The molecule has 1 aromatic carbocycles. The zero-order chi connectivity index (χ0) is 13.3. The molecule has 2 unspecified atom stereocenters. The molecule has 0 aromatic heterocycles. The molecule has 1 saturated heterocycles. The first-order chi connectivity index (χ1) is 8.50. The van der Waals surface area contributed by atoms with Gasteiger partial charge in [0.2, 0.25) is 0 Å². The van der Waals surface area contributed by atoms with Gasteiger partial charge in [0, 0.05) is 15.7 Å². The number of amides is 1. The van der Waals surface area contributed by atoms with Gasteiger partial charge < -0.3 is 10.0 Å². The maximum atomic E-state index is 12.3. The van der Waals surface area contributed by atoms with E-state index in [0.717, 1.165) is 9.99 Å².